The third kappa shape index (κ3) is 2.45. The Morgan fingerprint density at radius 1 is 1.53 bits per heavy atom. The van der Waals surface area contributed by atoms with Crippen molar-refractivity contribution in [3.63, 3.8) is 0 Å². The van der Waals surface area contributed by atoms with Crippen molar-refractivity contribution >= 4 is 11.3 Å². The van der Waals surface area contributed by atoms with Gasteiger partial charge < -0.3 is 9.52 Å². The van der Waals surface area contributed by atoms with Gasteiger partial charge in [-0.25, -0.2) is 4.98 Å². The Hall–Kier alpha value is -1.17. The summed E-state index contributed by atoms with van der Waals surface area (Å²) in [5.74, 6) is 0.979. The Morgan fingerprint density at radius 3 is 2.95 bits per heavy atom. The molecule has 1 fully saturated rings. The second kappa shape index (κ2) is 4.74. The second-order valence-corrected chi connectivity index (χ2v) is 6.47. The minimum Gasteiger partial charge on any atom is -0.444 e. The summed E-state index contributed by atoms with van der Waals surface area (Å²) in [6, 6.07) is 3.99. The zero-order valence-electron chi connectivity index (χ0n) is 11.2. The number of oxazole rings is 1. The highest BCUT2D eigenvalue weighted by molar-refractivity contribution is 7.13. The van der Waals surface area contributed by atoms with Gasteiger partial charge in [-0.15, -0.1) is 11.3 Å². The molecule has 0 radical (unpaired) electrons. The first-order chi connectivity index (χ1) is 9.07. The van der Waals surface area contributed by atoms with Gasteiger partial charge in [0.25, 0.3) is 0 Å². The molecule has 2 aromatic rings. The van der Waals surface area contributed by atoms with E-state index in [4.69, 9.17) is 4.42 Å². The van der Waals surface area contributed by atoms with E-state index in [-0.39, 0.29) is 0 Å². The van der Waals surface area contributed by atoms with E-state index in [9.17, 15) is 5.11 Å². The molecule has 1 aliphatic heterocycles. The van der Waals surface area contributed by atoms with Crippen LogP contribution >= 0.6 is 11.3 Å². The molecule has 3 rings (SSSR count). The minimum atomic E-state index is -0.527. The SMILES string of the molecule is CC(C)C1(O)CN(Cc2coc(-c3cccs3)n2)C1. The van der Waals surface area contributed by atoms with E-state index in [2.05, 4.69) is 23.7 Å². The van der Waals surface area contributed by atoms with Crippen LogP contribution in [0.4, 0.5) is 0 Å². The molecule has 1 saturated heterocycles. The van der Waals surface area contributed by atoms with E-state index in [1.807, 2.05) is 17.5 Å². The third-order valence-electron chi connectivity index (χ3n) is 3.74. The van der Waals surface area contributed by atoms with E-state index in [0.717, 1.165) is 17.1 Å². The summed E-state index contributed by atoms with van der Waals surface area (Å²) in [6.45, 7) is 6.28. The van der Waals surface area contributed by atoms with Crippen molar-refractivity contribution in [2.45, 2.75) is 26.0 Å². The van der Waals surface area contributed by atoms with Crippen LogP contribution in [0.25, 0.3) is 10.8 Å². The Bertz CT molecular complexity index is 542. The molecule has 0 bridgehead atoms. The van der Waals surface area contributed by atoms with Crippen molar-refractivity contribution in [1.29, 1.82) is 0 Å². The largest absolute Gasteiger partial charge is 0.444 e. The number of rotatable bonds is 4. The number of likely N-dealkylation sites (tertiary alicyclic amines) is 1. The van der Waals surface area contributed by atoms with E-state index in [1.165, 1.54) is 0 Å². The summed E-state index contributed by atoms with van der Waals surface area (Å²) in [7, 11) is 0. The van der Waals surface area contributed by atoms with Gasteiger partial charge in [-0.05, 0) is 17.4 Å². The lowest BCUT2D eigenvalue weighted by Gasteiger charge is -2.48. The van der Waals surface area contributed by atoms with Gasteiger partial charge in [0.05, 0.1) is 16.2 Å². The third-order valence-corrected chi connectivity index (χ3v) is 4.60. The fourth-order valence-corrected chi connectivity index (χ4v) is 2.98. The van der Waals surface area contributed by atoms with E-state index in [0.29, 0.717) is 24.9 Å². The molecule has 2 aromatic heterocycles. The molecule has 0 unspecified atom stereocenters. The predicted molar refractivity (Wildman–Crippen MR) is 74.9 cm³/mol. The van der Waals surface area contributed by atoms with Gasteiger partial charge in [-0.3, -0.25) is 4.90 Å². The zero-order chi connectivity index (χ0) is 13.5. The molecule has 0 saturated carbocycles. The monoisotopic (exact) mass is 278 g/mol. The summed E-state index contributed by atoms with van der Waals surface area (Å²) >= 11 is 1.62. The van der Waals surface area contributed by atoms with Crippen molar-refractivity contribution in [2.24, 2.45) is 5.92 Å². The average molecular weight is 278 g/mol. The second-order valence-electron chi connectivity index (χ2n) is 5.52. The maximum absolute atomic E-state index is 10.2. The van der Waals surface area contributed by atoms with Crippen molar-refractivity contribution in [2.75, 3.05) is 13.1 Å². The van der Waals surface area contributed by atoms with E-state index in [1.54, 1.807) is 17.6 Å². The van der Waals surface area contributed by atoms with Crippen LogP contribution in [0.3, 0.4) is 0 Å². The maximum atomic E-state index is 10.2. The molecule has 19 heavy (non-hydrogen) atoms. The molecule has 0 spiro atoms. The normalized spacial score (nSPS) is 18.7. The standard InChI is InChI=1S/C14H18N2O2S/c1-10(2)14(17)8-16(9-14)6-11-7-18-13(15-11)12-4-3-5-19-12/h3-5,7,10,17H,6,8-9H2,1-2H3. The van der Waals surface area contributed by atoms with Gasteiger partial charge >= 0.3 is 0 Å². The molecule has 4 nitrogen and oxygen atoms in total. The summed E-state index contributed by atoms with van der Waals surface area (Å²) < 4.78 is 5.49. The molecule has 0 aliphatic carbocycles. The van der Waals surface area contributed by atoms with Gasteiger partial charge in [-0.1, -0.05) is 19.9 Å². The molecule has 3 heterocycles. The number of aromatic nitrogens is 1. The number of aliphatic hydroxyl groups is 1. The van der Waals surface area contributed by atoms with Gasteiger partial charge in [0.15, 0.2) is 0 Å². The first kappa shape index (κ1) is 12.8. The number of β-amino-alcohol motifs (C(OH)–C–C–N with tert-alkyl or cyclic N) is 1. The molecule has 0 atom stereocenters. The maximum Gasteiger partial charge on any atom is 0.236 e. The van der Waals surface area contributed by atoms with Crippen molar-refractivity contribution < 1.29 is 9.52 Å². The van der Waals surface area contributed by atoms with Crippen LogP contribution in [0.15, 0.2) is 28.2 Å². The average Bonchev–Trinajstić information content (AvgIpc) is 2.96. The lowest BCUT2D eigenvalue weighted by molar-refractivity contribution is -0.131. The van der Waals surface area contributed by atoms with Crippen molar-refractivity contribution in [3.05, 3.63) is 29.5 Å². The van der Waals surface area contributed by atoms with Crippen LogP contribution in [0.2, 0.25) is 0 Å². The first-order valence-corrected chi connectivity index (χ1v) is 7.38. The Balaban J connectivity index is 1.61. The first-order valence-electron chi connectivity index (χ1n) is 6.50. The lowest BCUT2D eigenvalue weighted by Crippen LogP contribution is -2.63. The Kier molecular flexibility index (Phi) is 3.20. The fraction of sp³-hybridized carbons (Fsp3) is 0.500. The molecule has 0 aromatic carbocycles. The van der Waals surface area contributed by atoms with Gasteiger partial charge in [0, 0.05) is 19.6 Å². The summed E-state index contributed by atoms with van der Waals surface area (Å²) in [5, 5.41) is 12.2. The number of hydrogen-bond donors (Lipinski definition) is 1. The smallest absolute Gasteiger partial charge is 0.236 e. The summed E-state index contributed by atoms with van der Waals surface area (Å²) in [5.41, 5.74) is 0.398. The predicted octanol–water partition coefficient (Wildman–Crippen LogP) is 2.61. The van der Waals surface area contributed by atoms with Crippen LogP contribution in [-0.4, -0.2) is 33.7 Å². The highest BCUT2D eigenvalue weighted by Crippen LogP contribution is 2.30. The quantitative estimate of drug-likeness (QED) is 0.934. The Morgan fingerprint density at radius 2 is 2.32 bits per heavy atom. The van der Waals surface area contributed by atoms with Crippen LogP contribution in [-0.2, 0) is 6.54 Å². The molecule has 1 N–H and O–H groups in total. The van der Waals surface area contributed by atoms with Crippen LogP contribution in [0.1, 0.15) is 19.5 Å². The highest BCUT2D eigenvalue weighted by atomic mass is 32.1. The lowest BCUT2D eigenvalue weighted by atomic mass is 9.83. The number of hydrogen-bond acceptors (Lipinski definition) is 5. The summed E-state index contributed by atoms with van der Waals surface area (Å²) in [4.78, 5) is 7.73. The van der Waals surface area contributed by atoms with Crippen LogP contribution in [0.5, 0.6) is 0 Å². The molecule has 5 heteroatoms. The van der Waals surface area contributed by atoms with Gasteiger partial charge in [-0.2, -0.15) is 0 Å². The topological polar surface area (TPSA) is 49.5 Å². The van der Waals surface area contributed by atoms with Gasteiger partial charge in [0.2, 0.25) is 5.89 Å². The van der Waals surface area contributed by atoms with Gasteiger partial charge in [0.1, 0.15) is 6.26 Å². The molecule has 0 amide bonds. The molecule has 1 aliphatic rings. The van der Waals surface area contributed by atoms with Crippen LogP contribution in [0, 0.1) is 5.92 Å². The highest BCUT2D eigenvalue weighted by Gasteiger charge is 2.43. The molecular formula is C14H18N2O2S. The molecule has 102 valence electrons. The minimum absolute atomic E-state index is 0.294. The summed E-state index contributed by atoms with van der Waals surface area (Å²) in [6.07, 6.45) is 1.71. The zero-order valence-corrected chi connectivity index (χ0v) is 12.0. The van der Waals surface area contributed by atoms with E-state index >= 15 is 0 Å². The number of thiophene rings is 1. The van der Waals surface area contributed by atoms with Crippen molar-refractivity contribution in [1.82, 2.24) is 9.88 Å². The van der Waals surface area contributed by atoms with Crippen molar-refractivity contribution in [3.8, 4) is 10.8 Å². The van der Waals surface area contributed by atoms with Crippen LogP contribution < -0.4 is 0 Å². The molecular weight excluding hydrogens is 260 g/mol. The van der Waals surface area contributed by atoms with E-state index < -0.39 is 5.60 Å². The fourth-order valence-electron chi connectivity index (χ4n) is 2.33. The number of nitrogens with zero attached hydrogens (tertiary/aromatic N) is 2. The Labute approximate surface area is 116 Å².